The van der Waals surface area contributed by atoms with Gasteiger partial charge in [-0.3, -0.25) is 10.1 Å². The smallest absolute Gasteiger partial charge is 0.241 e. The van der Waals surface area contributed by atoms with Crippen LogP contribution in [-0.4, -0.2) is 42.8 Å². The van der Waals surface area contributed by atoms with Gasteiger partial charge in [0.25, 0.3) is 0 Å². The molecular weight excluding hydrogens is 216 g/mol. The highest BCUT2D eigenvalue weighted by atomic mass is 16.5. The SMILES string of the molecule is COCC(C)N1C(=O)C(C(C)C)NC1C(C)C. The van der Waals surface area contributed by atoms with Crippen LogP contribution in [0.2, 0.25) is 0 Å². The lowest BCUT2D eigenvalue weighted by atomic mass is 10.0. The van der Waals surface area contributed by atoms with Gasteiger partial charge in [-0.15, -0.1) is 0 Å². The molecule has 1 fully saturated rings. The summed E-state index contributed by atoms with van der Waals surface area (Å²) in [5.41, 5.74) is 0. The van der Waals surface area contributed by atoms with Crippen LogP contribution in [0.1, 0.15) is 34.6 Å². The normalized spacial score (nSPS) is 27.3. The van der Waals surface area contributed by atoms with Gasteiger partial charge in [-0.1, -0.05) is 27.7 Å². The molecule has 4 nitrogen and oxygen atoms in total. The molecular formula is C13H26N2O2. The number of amides is 1. The fraction of sp³-hybridized carbons (Fsp3) is 0.923. The highest BCUT2D eigenvalue weighted by Crippen LogP contribution is 2.23. The summed E-state index contributed by atoms with van der Waals surface area (Å²) in [6.07, 6.45) is 0.125. The Balaban J connectivity index is 2.86. The average molecular weight is 242 g/mol. The van der Waals surface area contributed by atoms with Crippen LogP contribution in [0.25, 0.3) is 0 Å². The number of hydrogen-bond donors (Lipinski definition) is 1. The van der Waals surface area contributed by atoms with Crippen LogP contribution in [0.3, 0.4) is 0 Å². The third-order valence-electron chi connectivity index (χ3n) is 3.35. The van der Waals surface area contributed by atoms with Crippen LogP contribution in [-0.2, 0) is 9.53 Å². The molecule has 0 radical (unpaired) electrons. The maximum atomic E-state index is 12.4. The molecule has 3 atom stereocenters. The summed E-state index contributed by atoms with van der Waals surface area (Å²) in [5.74, 6) is 0.939. The van der Waals surface area contributed by atoms with Crippen LogP contribution in [0, 0.1) is 11.8 Å². The summed E-state index contributed by atoms with van der Waals surface area (Å²) < 4.78 is 5.17. The zero-order chi connectivity index (χ0) is 13.2. The van der Waals surface area contributed by atoms with Gasteiger partial charge in [0, 0.05) is 7.11 Å². The van der Waals surface area contributed by atoms with Crippen molar-refractivity contribution in [2.75, 3.05) is 13.7 Å². The number of hydrogen-bond acceptors (Lipinski definition) is 3. The molecule has 0 aromatic carbocycles. The van der Waals surface area contributed by atoms with Gasteiger partial charge in [0.2, 0.25) is 5.91 Å². The van der Waals surface area contributed by atoms with Gasteiger partial charge in [0.1, 0.15) is 0 Å². The Labute approximate surface area is 105 Å². The van der Waals surface area contributed by atoms with E-state index < -0.39 is 0 Å². The van der Waals surface area contributed by atoms with Crippen LogP contribution in [0.15, 0.2) is 0 Å². The summed E-state index contributed by atoms with van der Waals surface area (Å²) in [6, 6.07) is 0.0675. The molecule has 1 amide bonds. The number of nitrogens with zero attached hydrogens (tertiary/aromatic N) is 1. The lowest BCUT2D eigenvalue weighted by molar-refractivity contribution is -0.134. The van der Waals surface area contributed by atoms with Crippen molar-refractivity contribution in [3.8, 4) is 0 Å². The number of rotatable bonds is 5. The molecule has 0 aromatic heterocycles. The van der Waals surface area contributed by atoms with Crippen molar-refractivity contribution >= 4 is 5.91 Å². The first-order chi connectivity index (χ1) is 7.90. The number of carbonyl (C=O) groups is 1. The molecule has 0 aliphatic carbocycles. The first-order valence-electron chi connectivity index (χ1n) is 6.47. The Morgan fingerprint density at radius 1 is 1.24 bits per heavy atom. The number of nitrogens with one attached hydrogen (secondary N) is 1. The van der Waals surface area contributed by atoms with E-state index in [1.165, 1.54) is 0 Å². The van der Waals surface area contributed by atoms with Gasteiger partial charge in [0.05, 0.1) is 24.9 Å². The molecule has 1 rings (SSSR count). The predicted octanol–water partition coefficient (Wildman–Crippen LogP) is 1.46. The maximum absolute atomic E-state index is 12.4. The van der Waals surface area contributed by atoms with E-state index >= 15 is 0 Å². The van der Waals surface area contributed by atoms with Crippen molar-refractivity contribution in [2.45, 2.75) is 52.9 Å². The third-order valence-corrected chi connectivity index (χ3v) is 3.35. The van der Waals surface area contributed by atoms with Gasteiger partial charge < -0.3 is 9.64 Å². The van der Waals surface area contributed by atoms with Crippen molar-refractivity contribution in [3.63, 3.8) is 0 Å². The molecule has 100 valence electrons. The minimum absolute atomic E-state index is 0.0540. The Bertz CT molecular complexity index is 266. The summed E-state index contributed by atoms with van der Waals surface area (Å²) >= 11 is 0. The van der Waals surface area contributed by atoms with Gasteiger partial charge in [-0.05, 0) is 18.8 Å². The van der Waals surface area contributed by atoms with Crippen molar-refractivity contribution in [1.82, 2.24) is 10.2 Å². The summed E-state index contributed by atoms with van der Waals surface area (Å²) in [7, 11) is 1.68. The number of ether oxygens (including phenoxy) is 1. The molecule has 1 aliphatic heterocycles. The van der Waals surface area contributed by atoms with E-state index in [4.69, 9.17) is 4.74 Å². The monoisotopic (exact) mass is 242 g/mol. The largest absolute Gasteiger partial charge is 0.383 e. The first kappa shape index (κ1) is 14.5. The Morgan fingerprint density at radius 2 is 1.82 bits per heavy atom. The third kappa shape index (κ3) is 2.99. The highest BCUT2D eigenvalue weighted by Gasteiger charge is 2.43. The van der Waals surface area contributed by atoms with E-state index in [9.17, 15) is 4.79 Å². The molecule has 1 heterocycles. The highest BCUT2D eigenvalue weighted by molar-refractivity contribution is 5.85. The molecule has 1 saturated heterocycles. The predicted molar refractivity (Wildman–Crippen MR) is 68.6 cm³/mol. The van der Waals surface area contributed by atoms with Crippen molar-refractivity contribution < 1.29 is 9.53 Å². The van der Waals surface area contributed by atoms with E-state index in [0.717, 1.165) is 0 Å². The molecule has 0 aromatic rings. The molecule has 1 aliphatic rings. The zero-order valence-corrected chi connectivity index (χ0v) is 11.9. The van der Waals surface area contributed by atoms with Gasteiger partial charge >= 0.3 is 0 Å². The topological polar surface area (TPSA) is 41.6 Å². The van der Waals surface area contributed by atoms with E-state index in [0.29, 0.717) is 18.4 Å². The zero-order valence-electron chi connectivity index (χ0n) is 11.9. The second-order valence-corrected chi connectivity index (χ2v) is 5.63. The lowest BCUT2D eigenvalue weighted by Gasteiger charge is -2.32. The average Bonchev–Trinajstić information content (AvgIpc) is 2.56. The van der Waals surface area contributed by atoms with E-state index in [1.54, 1.807) is 7.11 Å². The fourth-order valence-corrected chi connectivity index (χ4v) is 2.44. The van der Waals surface area contributed by atoms with Crippen molar-refractivity contribution in [3.05, 3.63) is 0 Å². The second kappa shape index (κ2) is 5.83. The van der Waals surface area contributed by atoms with Crippen molar-refractivity contribution in [2.24, 2.45) is 11.8 Å². The fourth-order valence-electron chi connectivity index (χ4n) is 2.44. The second-order valence-electron chi connectivity index (χ2n) is 5.63. The number of carbonyl (C=O) groups excluding carboxylic acids is 1. The Kier molecular flexibility index (Phi) is 4.95. The minimum atomic E-state index is -0.0540. The van der Waals surface area contributed by atoms with Gasteiger partial charge in [-0.2, -0.15) is 0 Å². The minimum Gasteiger partial charge on any atom is -0.383 e. The van der Waals surface area contributed by atoms with Crippen LogP contribution in [0.4, 0.5) is 0 Å². The first-order valence-corrected chi connectivity index (χ1v) is 6.47. The van der Waals surface area contributed by atoms with Gasteiger partial charge in [0.15, 0.2) is 0 Å². The van der Waals surface area contributed by atoms with Crippen LogP contribution >= 0.6 is 0 Å². The molecule has 1 N–H and O–H groups in total. The summed E-state index contributed by atoms with van der Waals surface area (Å²) in [4.78, 5) is 14.3. The van der Waals surface area contributed by atoms with Gasteiger partial charge in [-0.25, -0.2) is 0 Å². The lowest BCUT2D eigenvalue weighted by Crippen LogP contribution is -2.47. The quantitative estimate of drug-likeness (QED) is 0.793. The molecule has 4 heteroatoms. The standard InChI is InChI=1S/C13H26N2O2/c1-8(2)11-13(16)15(10(5)7-17-6)12(14-11)9(3)4/h8-12,14H,7H2,1-6H3. The Morgan fingerprint density at radius 3 is 2.24 bits per heavy atom. The van der Waals surface area contributed by atoms with E-state index in [-0.39, 0.29) is 24.2 Å². The van der Waals surface area contributed by atoms with E-state index in [2.05, 4.69) is 33.0 Å². The molecule has 0 saturated carbocycles. The molecule has 0 bridgehead atoms. The Hall–Kier alpha value is -0.610. The van der Waals surface area contributed by atoms with Crippen LogP contribution in [0.5, 0.6) is 0 Å². The van der Waals surface area contributed by atoms with Crippen molar-refractivity contribution in [1.29, 1.82) is 0 Å². The molecule has 0 spiro atoms. The van der Waals surface area contributed by atoms with Crippen LogP contribution < -0.4 is 5.32 Å². The number of methoxy groups -OCH3 is 1. The molecule has 17 heavy (non-hydrogen) atoms. The summed E-state index contributed by atoms with van der Waals surface area (Å²) in [6.45, 7) is 11.1. The van der Waals surface area contributed by atoms with E-state index in [1.807, 2.05) is 11.8 Å². The molecule has 3 unspecified atom stereocenters. The maximum Gasteiger partial charge on any atom is 0.241 e. The summed E-state index contributed by atoms with van der Waals surface area (Å²) in [5, 5.41) is 3.45.